The van der Waals surface area contributed by atoms with Crippen LogP contribution in [0.5, 0.6) is 0 Å². The predicted molar refractivity (Wildman–Crippen MR) is 209 cm³/mol. The number of anilines is 1. The summed E-state index contributed by atoms with van der Waals surface area (Å²) in [5, 5.41) is 17.4. The zero-order chi connectivity index (χ0) is 45.5. The maximum Gasteiger partial charge on any atom is 0.407 e. The van der Waals surface area contributed by atoms with Crippen LogP contribution in [0.25, 0.3) is 11.3 Å². The molecule has 332 valence electrons. The van der Waals surface area contributed by atoms with Gasteiger partial charge in [0.25, 0.3) is 5.91 Å². The van der Waals surface area contributed by atoms with Gasteiger partial charge in [-0.25, -0.2) is 33.2 Å². The van der Waals surface area contributed by atoms with E-state index in [-0.39, 0.29) is 34.8 Å². The summed E-state index contributed by atoms with van der Waals surface area (Å²) in [6, 6.07) is 5.92. The lowest BCUT2D eigenvalue weighted by Crippen LogP contribution is -2.62. The SMILES string of the molecule is COC(=O)N[C@H](C(=O)NN(Cc1c(F)cc(-c2ccn(C(F)F)n2)cc1F)C[C@H](O)[C@@H](N)Cc1ccc(C#Cc2cnc(N3CCN(C)C(=O)C3)nc2)cc1)C(C)(C)C(F)(F)F. The quantitative estimate of drug-likeness (QED) is 0.0822. The summed E-state index contributed by atoms with van der Waals surface area (Å²) >= 11 is 0. The van der Waals surface area contributed by atoms with Gasteiger partial charge in [-0.1, -0.05) is 24.0 Å². The van der Waals surface area contributed by atoms with Crippen LogP contribution in [0, 0.1) is 28.9 Å². The zero-order valence-electron chi connectivity index (χ0n) is 33.8. The molecule has 0 saturated carbocycles. The molecule has 1 saturated heterocycles. The Balaban J connectivity index is 1.31. The van der Waals surface area contributed by atoms with Crippen molar-refractivity contribution in [1.29, 1.82) is 0 Å². The van der Waals surface area contributed by atoms with Gasteiger partial charge in [0, 0.05) is 74.5 Å². The summed E-state index contributed by atoms with van der Waals surface area (Å²) in [4.78, 5) is 49.7. The highest BCUT2D eigenvalue weighted by molar-refractivity contribution is 5.86. The molecule has 1 aliphatic rings. The van der Waals surface area contributed by atoms with E-state index in [0.717, 1.165) is 36.5 Å². The van der Waals surface area contributed by atoms with E-state index in [1.54, 1.807) is 41.1 Å². The zero-order valence-corrected chi connectivity index (χ0v) is 33.8. The Morgan fingerprint density at radius 2 is 1.65 bits per heavy atom. The number of aliphatic hydroxyl groups excluding tert-OH is 1. The predicted octanol–water partition coefficient (Wildman–Crippen LogP) is 3.77. The molecule has 5 rings (SSSR count). The Bertz CT molecular complexity index is 2260. The number of halogens is 7. The number of alkyl carbamates (subject to hydrolysis) is 1. The summed E-state index contributed by atoms with van der Waals surface area (Å²) < 4.78 is 104. The molecular formula is C40H43F7N10O5. The lowest BCUT2D eigenvalue weighted by atomic mass is 9.83. The van der Waals surface area contributed by atoms with Crippen molar-refractivity contribution in [1.82, 2.24) is 40.4 Å². The average molecular weight is 877 g/mol. The number of carbonyl (C=O) groups excluding carboxylic acids is 3. The van der Waals surface area contributed by atoms with E-state index in [1.165, 1.54) is 12.4 Å². The number of aromatic nitrogens is 4. The molecule has 3 heterocycles. The van der Waals surface area contributed by atoms with Crippen molar-refractivity contribution in [2.75, 3.05) is 45.2 Å². The molecule has 1 aliphatic heterocycles. The number of piperazine rings is 1. The van der Waals surface area contributed by atoms with E-state index in [4.69, 9.17) is 5.73 Å². The lowest BCUT2D eigenvalue weighted by molar-refractivity contribution is -0.221. The minimum absolute atomic E-state index is 0.0110. The highest BCUT2D eigenvalue weighted by Gasteiger charge is 2.56. The van der Waals surface area contributed by atoms with Crippen LogP contribution in [-0.4, -0.2) is 117 Å². The Labute approximate surface area is 351 Å². The summed E-state index contributed by atoms with van der Waals surface area (Å²) in [6.07, 6.45) is -4.06. The number of benzene rings is 2. The van der Waals surface area contributed by atoms with Crippen molar-refractivity contribution >= 4 is 23.9 Å². The number of amides is 3. The topological polar surface area (TPSA) is 184 Å². The molecule has 62 heavy (non-hydrogen) atoms. The van der Waals surface area contributed by atoms with Crippen LogP contribution in [0.4, 0.5) is 41.5 Å². The number of alkyl halides is 5. The minimum atomic E-state index is -5.07. The molecule has 0 spiro atoms. The number of hydrogen-bond acceptors (Lipinski definition) is 11. The Kier molecular flexibility index (Phi) is 14.8. The van der Waals surface area contributed by atoms with Crippen molar-refractivity contribution in [3.63, 3.8) is 0 Å². The number of aliphatic hydroxyl groups is 1. The summed E-state index contributed by atoms with van der Waals surface area (Å²) in [5.74, 6) is 2.32. The number of nitrogens with one attached hydrogen (secondary N) is 2. The molecule has 2 aromatic heterocycles. The van der Waals surface area contributed by atoms with Crippen molar-refractivity contribution in [3.8, 4) is 23.1 Å². The number of carbonyl (C=O) groups is 3. The second kappa shape index (κ2) is 19.6. The first-order valence-corrected chi connectivity index (χ1v) is 18.8. The summed E-state index contributed by atoms with van der Waals surface area (Å²) in [5.41, 5.74) is 6.10. The molecule has 0 aliphatic carbocycles. The standard InChI is InChI=1S/C40H43F7N10O5/c1-39(2,40(45,46)47)34(51-38(61)62-4)35(60)53-56(20-27-28(41)16-26(17-29(27)42)31-11-12-57(52-31)36(43)44)21-32(58)30(48)15-24-8-5-23(6-9-24)7-10-25-18-49-37(50-19-25)55-14-13-54(3)33(59)22-55/h5-6,8-9,11-12,16-19,30,32,34,36,58H,13-15,20-22,48H2,1-4H3,(H,51,61)(H,53,60)/t30-,32-,34+/m0/s1. The van der Waals surface area contributed by atoms with Crippen LogP contribution < -0.4 is 21.4 Å². The Hall–Kier alpha value is -6.31. The number of likely N-dealkylation sites (N-methyl/N-ethyl adjacent to an activating group) is 1. The number of rotatable bonds is 14. The monoisotopic (exact) mass is 876 g/mol. The first kappa shape index (κ1) is 46.8. The van der Waals surface area contributed by atoms with Gasteiger partial charge < -0.3 is 30.7 Å². The summed E-state index contributed by atoms with van der Waals surface area (Å²) in [7, 11) is 2.59. The molecule has 2 aromatic carbocycles. The van der Waals surface area contributed by atoms with Crippen molar-refractivity contribution in [3.05, 3.63) is 94.9 Å². The van der Waals surface area contributed by atoms with Gasteiger partial charge in [0.05, 0.1) is 36.4 Å². The van der Waals surface area contributed by atoms with Crippen LogP contribution in [-0.2, 0) is 27.3 Å². The third kappa shape index (κ3) is 11.5. The van der Waals surface area contributed by atoms with Crippen molar-refractivity contribution in [2.24, 2.45) is 11.1 Å². The van der Waals surface area contributed by atoms with E-state index in [1.807, 2.05) is 5.32 Å². The number of hydrazine groups is 1. The minimum Gasteiger partial charge on any atom is -0.453 e. The fourth-order valence-corrected chi connectivity index (χ4v) is 6.09. The normalized spacial score (nSPS) is 14.9. The van der Waals surface area contributed by atoms with Gasteiger partial charge in [-0.05, 0) is 56.2 Å². The molecule has 22 heteroatoms. The Morgan fingerprint density at radius 3 is 2.21 bits per heavy atom. The second-order valence-electron chi connectivity index (χ2n) is 14.9. The largest absolute Gasteiger partial charge is 0.453 e. The third-order valence-electron chi connectivity index (χ3n) is 10.1. The maximum atomic E-state index is 15.6. The van der Waals surface area contributed by atoms with E-state index < -0.39 is 78.6 Å². The molecule has 15 nitrogen and oxygen atoms in total. The highest BCUT2D eigenvalue weighted by atomic mass is 19.4. The number of methoxy groups -OCH3 is 1. The lowest BCUT2D eigenvalue weighted by Gasteiger charge is -2.37. The number of nitrogens with two attached hydrogens (primary N) is 1. The second-order valence-corrected chi connectivity index (χ2v) is 14.9. The van der Waals surface area contributed by atoms with E-state index in [2.05, 4.69) is 37.1 Å². The fraction of sp³-hybridized carbons (Fsp3) is 0.400. The van der Waals surface area contributed by atoms with Gasteiger partial charge in [-0.15, -0.1) is 0 Å². The van der Waals surface area contributed by atoms with Gasteiger partial charge >= 0.3 is 18.8 Å². The van der Waals surface area contributed by atoms with Crippen molar-refractivity contribution < 1.29 is 55.0 Å². The van der Waals surface area contributed by atoms with Crippen LogP contribution in [0.15, 0.2) is 61.1 Å². The van der Waals surface area contributed by atoms with Gasteiger partial charge in [-0.3, -0.25) is 15.0 Å². The molecule has 4 aromatic rings. The van der Waals surface area contributed by atoms with Crippen LogP contribution in [0.1, 0.15) is 42.7 Å². The fourth-order valence-electron chi connectivity index (χ4n) is 6.09. The Morgan fingerprint density at radius 1 is 1.02 bits per heavy atom. The molecule has 0 radical (unpaired) electrons. The smallest absolute Gasteiger partial charge is 0.407 e. The van der Waals surface area contributed by atoms with E-state index in [9.17, 15) is 41.4 Å². The van der Waals surface area contributed by atoms with Gasteiger partial charge in [0.1, 0.15) is 17.7 Å². The molecule has 0 unspecified atom stereocenters. The molecule has 3 amide bonds. The van der Waals surface area contributed by atoms with Gasteiger partial charge in [-0.2, -0.15) is 27.1 Å². The molecule has 0 bridgehead atoms. The first-order valence-electron chi connectivity index (χ1n) is 18.8. The molecule has 3 atom stereocenters. The van der Waals surface area contributed by atoms with Crippen LogP contribution in [0.2, 0.25) is 0 Å². The van der Waals surface area contributed by atoms with E-state index in [0.29, 0.717) is 49.6 Å². The number of hydrogen-bond donors (Lipinski definition) is 4. The van der Waals surface area contributed by atoms with Crippen LogP contribution in [0.3, 0.4) is 0 Å². The highest BCUT2D eigenvalue weighted by Crippen LogP contribution is 2.40. The molecule has 5 N–H and O–H groups in total. The van der Waals surface area contributed by atoms with Gasteiger partial charge in [0.15, 0.2) is 0 Å². The average Bonchev–Trinajstić information content (AvgIpc) is 3.73. The van der Waals surface area contributed by atoms with E-state index >= 15 is 8.78 Å². The van der Waals surface area contributed by atoms with Crippen molar-refractivity contribution in [2.45, 2.75) is 57.7 Å². The van der Waals surface area contributed by atoms with Gasteiger partial charge in [0.2, 0.25) is 11.9 Å². The number of ether oxygens (including phenoxy) is 1. The van der Waals surface area contributed by atoms with Crippen LogP contribution >= 0.6 is 0 Å². The maximum absolute atomic E-state index is 15.6. The third-order valence-corrected chi connectivity index (χ3v) is 10.1. The molecule has 1 fully saturated rings. The molecular weight excluding hydrogens is 833 g/mol. The summed E-state index contributed by atoms with van der Waals surface area (Å²) in [6.45, 7) is -2.03. The number of nitrogens with zero attached hydrogens (tertiary/aromatic N) is 7. The first-order chi connectivity index (χ1) is 29.2.